The van der Waals surface area contributed by atoms with E-state index in [4.69, 9.17) is 6.58 Å². The van der Waals surface area contributed by atoms with Crippen LogP contribution in [0.3, 0.4) is 0 Å². The van der Waals surface area contributed by atoms with Gasteiger partial charge in [-0.05, 0) is 72.5 Å². The zero-order valence-electron chi connectivity index (χ0n) is 17.8. The Bertz CT molecular complexity index is 439. The van der Waals surface area contributed by atoms with E-state index in [1.807, 2.05) is 0 Å². The molecule has 0 heterocycles. The van der Waals surface area contributed by atoms with Crippen molar-refractivity contribution in [3.63, 3.8) is 0 Å². The number of rotatable bonds is 3. The van der Waals surface area contributed by atoms with Crippen molar-refractivity contribution in [2.24, 2.45) is 46.8 Å². The Morgan fingerprint density at radius 1 is 0.920 bits per heavy atom. The largest absolute Gasteiger partial charge is 0.0993 e. The van der Waals surface area contributed by atoms with Gasteiger partial charge in [-0.1, -0.05) is 85.3 Å². The molecule has 0 amide bonds. The molecule has 0 N–H and O–H groups in total. The fourth-order valence-electron chi connectivity index (χ4n) is 7.55. The average Bonchev–Trinajstić information content (AvgIpc) is 2.70. The van der Waals surface area contributed by atoms with Gasteiger partial charge in [-0.15, -0.1) is 0 Å². The van der Waals surface area contributed by atoms with Crippen molar-refractivity contribution in [3.8, 4) is 0 Å². The molecule has 144 valence electrons. The van der Waals surface area contributed by atoms with Gasteiger partial charge in [0.1, 0.15) is 0 Å². The standard InChI is InChI=1S/C25H44/c1-17-13-18(2)23(19(3)14-17)24-20(4)22(16-25(24,5)6)15-21-11-9-7-8-10-12-21/h17-19,21-24H,4,7-16H2,1-3,5-6H3. The summed E-state index contributed by atoms with van der Waals surface area (Å²) >= 11 is 0. The van der Waals surface area contributed by atoms with Gasteiger partial charge in [0, 0.05) is 0 Å². The Kier molecular flexibility index (Phi) is 6.06. The molecule has 0 nitrogen and oxygen atoms in total. The van der Waals surface area contributed by atoms with Gasteiger partial charge in [-0.25, -0.2) is 0 Å². The zero-order chi connectivity index (χ0) is 18.2. The summed E-state index contributed by atoms with van der Waals surface area (Å²) in [5, 5.41) is 0. The van der Waals surface area contributed by atoms with Crippen LogP contribution in [0.25, 0.3) is 0 Å². The Morgan fingerprint density at radius 3 is 2.04 bits per heavy atom. The van der Waals surface area contributed by atoms with Gasteiger partial charge in [-0.2, -0.15) is 0 Å². The second-order valence-electron chi connectivity index (χ2n) is 11.1. The molecular weight excluding hydrogens is 300 g/mol. The quantitative estimate of drug-likeness (QED) is 0.361. The summed E-state index contributed by atoms with van der Waals surface area (Å²) in [6.07, 6.45) is 14.6. The van der Waals surface area contributed by atoms with Gasteiger partial charge in [0.25, 0.3) is 0 Å². The monoisotopic (exact) mass is 344 g/mol. The van der Waals surface area contributed by atoms with Gasteiger partial charge >= 0.3 is 0 Å². The van der Waals surface area contributed by atoms with E-state index in [9.17, 15) is 0 Å². The molecule has 4 unspecified atom stereocenters. The summed E-state index contributed by atoms with van der Waals surface area (Å²) in [4.78, 5) is 0. The van der Waals surface area contributed by atoms with Crippen LogP contribution in [0.4, 0.5) is 0 Å². The van der Waals surface area contributed by atoms with Crippen molar-refractivity contribution < 1.29 is 0 Å². The lowest BCUT2D eigenvalue weighted by Crippen LogP contribution is -2.39. The molecule has 0 saturated heterocycles. The van der Waals surface area contributed by atoms with Gasteiger partial charge < -0.3 is 0 Å². The Balaban J connectivity index is 1.72. The van der Waals surface area contributed by atoms with E-state index < -0.39 is 0 Å². The molecule has 4 atom stereocenters. The fourth-order valence-corrected chi connectivity index (χ4v) is 7.55. The highest BCUT2D eigenvalue weighted by Crippen LogP contribution is 2.59. The third kappa shape index (κ3) is 4.19. The molecule has 0 aromatic carbocycles. The predicted molar refractivity (Wildman–Crippen MR) is 111 cm³/mol. The summed E-state index contributed by atoms with van der Waals surface area (Å²) in [6.45, 7) is 17.4. The van der Waals surface area contributed by atoms with E-state index >= 15 is 0 Å². The first kappa shape index (κ1) is 19.5. The van der Waals surface area contributed by atoms with Gasteiger partial charge in [-0.3, -0.25) is 0 Å². The van der Waals surface area contributed by atoms with Crippen molar-refractivity contribution >= 4 is 0 Å². The van der Waals surface area contributed by atoms with Crippen molar-refractivity contribution in [1.82, 2.24) is 0 Å². The molecule has 0 bridgehead atoms. The van der Waals surface area contributed by atoms with Crippen molar-refractivity contribution in [1.29, 1.82) is 0 Å². The highest BCUT2D eigenvalue weighted by atomic mass is 14.5. The molecule has 3 aliphatic carbocycles. The lowest BCUT2D eigenvalue weighted by atomic mass is 9.59. The summed E-state index contributed by atoms with van der Waals surface area (Å²) in [6, 6.07) is 0. The maximum Gasteiger partial charge on any atom is -0.0118 e. The van der Waals surface area contributed by atoms with Crippen LogP contribution in [0.15, 0.2) is 12.2 Å². The maximum atomic E-state index is 4.76. The summed E-state index contributed by atoms with van der Waals surface area (Å²) in [5.74, 6) is 6.09. The molecule has 0 heteroatoms. The fraction of sp³-hybridized carbons (Fsp3) is 0.920. The van der Waals surface area contributed by atoms with Crippen LogP contribution in [0, 0.1) is 46.8 Å². The topological polar surface area (TPSA) is 0 Å². The van der Waals surface area contributed by atoms with Crippen molar-refractivity contribution in [2.45, 2.75) is 98.8 Å². The first-order chi connectivity index (χ1) is 11.8. The highest BCUT2D eigenvalue weighted by Gasteiger charge is 2.50. The Labute approximate surface area is 158 Å². The molecule has 3 aliphatic rings. The Hall–Kier alpha value is -0.260. The summed E-state index contributed by atoms with van der Waals surface area (Å²) in [5.41, 5.74) is 2.12. The molecule has 0 aliphatic heterocycles. The van der Waals surface area contributed by atoms with E-state index in [1.165, 1.54) is 64.2 Å². The molecule has 3 fully saturated rings. The molecule has 0 aromatic heterocycles. The van der Waals surface area contributed by atoms with Crippen LogP contribution in [0.2, 0.25) is 0 Å². The first-order valence-corrected chi connectivity index (χ1v) is 11.5. The predicted octanol–water partition coefficient (Wildman–Crippen LogP) is 7.88. The van der Waals surface area contributed by atoms with Gasteiger partial charge in [0.15, 0.2) is 0 Å². The van der Waals surface area contributed by atoms with Gasteiger partial charge in [0.2, 0.25) is 0 Å². The van der Waals surface area contributed by atoms with Crippen LogP contribution < -0.4 is 0 Å². The van der Waals surface area contributed by atoms with Crippen LogP contribution >= 0.6 is 0 Å². The maximum absolute atomic E-state index is 4.76. The number of hydrogen-bond acceptors (Lipinski definition) is 0. The summed E-state index contributed by atoms with van der Waals surface area (Å²) in [7, 11) is 0. The highest BCUT2D eigenvalue weighted by molar-refractivity contribution is 5.20. The Morgan fingerprint density at radius 2 is 1.48 bits per heavy atom. The van der Waals surface area contributed by atoms with E-state index in [0.717, 1.165) is 41.4 Å². The van der Waals surface area contributed by atoms with Crippen molar-refractivity contribution in [3.05, 3.63) is 12.2 Å². The van der Waals surface area contributed by atoms with Crippen LogP contribution in [0.1, 0.15) is 98.8 Å². The second-order valence-corrected chi connectivity index (χ2v) is 11.1. The van der Waals surface area contributed by atoms with E-state index in [2.05, 4.69) is 34.6 Å². The SMILES string of the molecule is C=C1C(CC2CCCCCC2)CC(C)(C)C1C1C(C)CC(C)CC1C. The number of allylic oxidation sites excluding steroid dienone is 1. The average molecular weight is 345 g/mol. The molecular formula is C25H44. The normalized spacial score (nSPS) is 43.2. The smallest absolute Gasteiger partial charge is 0.0118 e. The minimum Gasteiger partial charge on any atom is -0.0993 e. The lowest BCUT2D eigenvalue weighted by Gasteiger charge is -2.46. The third-order valence-electron chi connectivity index (χ3n) is 8.38. The molecule has 25 heavy (non-hydrogen) atoms. The summed E-state index contributed by atoms with van der Waals surface area (Å²) < 4.78 is 0. The van der Waals surface area contributed by atoms with Crippen LogP contribution in [-0.4, -0.2) is 0 Å². The molecule has 0 radical (unpaired) electrons. The third-order valence-corrected chi connectivity index (χ3v) is 8.38. The van der Waals surface area contributed by atoms with Crippen LogP contribution in [-0.2, 0) is 0 Å². The van der Waals surface area contributed by atoms with E-state index in [-0.39, 0.29) is 0 Å². The van der Waals surface area contributed by atoms with Crippen LogP contribution in [0.5, 0.6) is 0 Å². The number of hydrogen-bond donors (Lipinski definition) is 0. The van der Waals surface area contributed by atoms with Gasteiger partial charge in [0.05, 0.1) is 0 Å². The zero-order valence-corrected chi connectivity index (χ0v) is 17.8. The second kappa shape index (κ2) is 7.77. The van der Waals surface area contributed by atoms with E-state index in [0.29, 0.717) is 5.41 Å². The molecule has 0 aromatic rings. The lowest BCUT2D eigenvalue weighted by molar-refractivity contribution is 0.0514. The van der Waals surface area contributed by atoms with Crippen molar-refractivity contribution in [2.75, 3.05) is 0 Å². The van der Waals surface area contributed by atoms with E-state index in [1.54, 1.807) is 5.57 Å². The first-order valence-electron chi connectivity index (χ1n) is 11.5. The molecule has 3 saturated carbocycles. The molecule has 3 rings (SSSR count). The molecule has 0 spiro atoms. The minimum atomic E-state index is 0.459. The minimum absolute atomic E-state index is 0.459.